The summed E-state index contributed by atoms with van der Waals surface area (Å²) in [6.45, 7) is 0. The Bertz CT molecular complexity index is 1800. The maximum absolute atomic E-state index is 13.4. The number of ether oxygens (including phenoxy) is 2. The molecule has 5 rings (SSSR count). The van der Waals surface area contributed by atoms with Crippen LogP contribution in [0.1, 0.15) is 15.9 Å². The van der Waals surface area contributed by atoms with E-state index in [-0.39, 0.29) is 17.1 Å². The average Bonchev–Trinajstić information content (AvgIpc) is 2.93. The third-order valence-electron chi connectivity index (χ3n) is 5.72. The van der Waals surface area contributed by atoms with Crippen molar-refractivity contribution >= 4 is 62.2 Å². The van der Waals surface area contributed by atoms with Crippen LogP contribution in [0.3, 0.4) is 0 Å². The highest BCUT2D eigenvalue weighted by molar-refractivity contribution is 9.10. The second-order valence-electron chi connectivity index (χ2n) is 8.24. The maximum Gasteiger partial charge on any atom is 0.343 e. The van der Waals surface area contributed by atoms with E-state index in [2.05, 4.69) is 26.0 Å². The zero-order chi connectivity index (χ0) is 27.5. The fraction of sp³-hybridized carbons (Fsp3) is 0.0345. The van der Waals surface area contributed by atoms with Gasteiger partial charge >= 0.3 is 5.97 Å². The molecule has 0 fully saturated rings. The Labute approximate surface area is 241 Å². The predicted octanol–water partition coefficient (Wildman–Crippen LogP) is 7.24. The second-order valence-corrected chi connectivity index (χ2v) is 10.0. The molecule has 0 unspecified atom stereocenters. The normalized spacial score (nSPS) is 11.2. The van der Waals surface area contributed by atoms with Crippen molar-refractivity contribution < 1.29 is 14.3 Å². The second kappa shape index (κ2) is 11.4. The molecule has 4 aromatic carbocycles. The molecular formula is C29H18BrCl2N3O4. The molecule has 10 heteroatoms. The van der Waals surface area contributed by atoms with Crippen LogP contribution in [0.4, 0.5) is 0 Å². The third kappa shape index (κ3) is 5.73. The summed E-state index contributed by atoms with van der Waals surface area (Å²) in [4.78, 5) is 30.7. The van der Waals surface area contributed by atoms with E-state index in [9.17, 15) is 9.59 Å². The van der Waals surface area contributed by atoms with Gasteiger partial charge in [0.05, 0.1) is 34.8 Å². The van der Waals surface area contributed by atoms with Gasteiger partial charge in [-0.2, -0.15) is 9.78 Å². The van der Waals surface area contributed by atoms with Crippen LogP contribution in [0.2, 0.25) is 10.0 Å². The topological polar surface area (TPSA) is 82.8 Å². The van der Waals surface area contributed by atoms with Gasteiger partial charge < -0.3 is 9.47 Å². The van der Waals surface area contributed by atoms with Crippen molar-refractivity contribution in [2.75, 3.05) is 7.11 Å². The molecule has 5 aromatic rings. The lowest BCUT2D eigenvalue weighted by Gasteiger charge is -2.12. The van der Waals surface area contributed by atoms with E-state index in [0.29, 0.717) is 43.4 Å². The summed E-state index contributed by atoms with van der Waals surface area (Å²) < 4.78 is 13.0. The molecule has 0 aliphatic rings. The molecule has 0 aliphatic carbocycles. The molecule has 0 saturated heterocycles. The molecule has 194 valence electrons. The van der Waals surface area contributed by atoms with Crippen LogP contribution in [-0.2, 0) is 0 Å². The van der Waals surface area contributed by atoms with E-state index in [1.807, 2.05) is 0 Å². The van der Waals surface area contributed by atoms with Gasteiger partial charge in [0.25, 0.3) is 5.56 Å². The first-order valence-electron chi connectivity index (χ1n) is 11.5. The van der Waals surface area contributed by atoms with Crippen molar-refractivity contribution in [2.24, 2.45) is 5.10 Å². The van der Waals surface area contributed by atoms with Gasteiger partial charge in [0.1, 0.15) is 0 Å². The van der Waals surface area contributed by atoms with Crippen LogP contribution in [0.5, 0.6) is 11.5 Å². The average molecular weight is 623 g/mol. The van der Waals surface area contributed by atoms with Gasteiger partial charge in [-0.15, -0.1) is 0 Å². The summed E-state index contributed by atoms with van der Waals surface area (Å²) in [5.41, 5.74) is 1.61. The van der Waals surface area contributed by atoms with Crippen molar-refractivity contribution in [3.05, 3.63) is 121 Å². The van der Waals surface area contributed by atoms with Crippen LogP contribution in [0.15, 0.2) is 99.3 Å². The monoisotopic (exact) mass is 621 g/mol. The van der Waals surface area contributed by atoms with Crippen LogP contribution in [0, 0.1) is 0 Å². The Morgan fingerprint density at radius 1 is 0.974 bits per heavy atom. The number of hydrogen-bond donors (Lipinski definition) is 0. The molecule has 0 aliphatic heterocycles. The minimum absolute atomic E-state index is 0.237. The number of para-hydroxylation sites is 1. The van der Waals surface area contributed by atoms with Crippen molar-refractivity contribution in [1.29, 1.82) is 0 Å². The Balaban J connectivity index is 1.52. The van der Waals surface area contributed by atoms with E-state index < -0.39 is 5.97 Å². The summed E-state index contributed by atoms with van der Waals surface area (Å²) >= 11 is 15.9. The van der Waals surface area contributed by atoms with Gasteiger partial charge in [-0.3, -0.25) is 4.79 Å². The lowest BCUT2D eigenvalue weighted by atomic mass is 10.2. The van der Waals surface area contributed by atoms with Crippen LogP contribution in [-0.4, -0.2) is 29.0 Å². The summed E-state index contributed by atoms with van der Waals surface area (Å²) in [5, 5.41) is 5.62. The third-order valence-corrected chi connectivity index (χ3v) is 6.79. The minimum atomic E-state index is -0.527. The highest BCUT2D eigenvalue weighted by atomic mass is 79.9. The minimum Gasteiger partial charge on any atom is -0.493 e. The smallest absolute Gasteiger partial charge is 0.343 e. The molecule has 0 amide bonds. The summed E-state index contributed by atoms with van der Waals surface area (Å²) in [7, 11) is 1.46. The van der Waals surface area contributed by atoms with E-state index in [1.165, 1.54) is 18.0 Å². The molecule has 0 radical (unpaired) electrons. The van der Waals surface area contributed by atoms with Crippen LogP contribution >= 0.6 is 39.1 Å². The number of methoxy groups -OCH3 is 1. The number of aromatic nitrogens is 2. The van der Waals surface area contributed by atoms with Gasteiger partial charge in [-0.25, -0.2) is 9.78 Å². The molecule has 0 bridgehead atoms. The number of carbonyl (C=O) groups excluding carboxylic acids is 1. The van der Waals surface area contributed by atoms with Crippen LogP contribution < -0.4 is 15.0 Å². The van der Waals surface area contributed by atoms with E-state index in [1.54, 1.807) is 84.9 Å². The van der Waals surface area contributed by atoms with E-state index in [4.69, 9.17) is 32.7 Å². The Morgan fingerprint density at radius 3 is 2.49 bits per heavy atom. The Kier molecular flexibility index (Phi) is 7.79. The van der Waals surface area contributed by atoms with Gasteiger partial charge in [0, 0.05) is 15.1 Å². The maximum atomic E-state index is 13.4. The zero-order valence-corrected chi connectivity index (χ0v) is 23.4. The highest BCUT2D eigenvalue weighted by Crippen LogP contribution is 2.31. The quantitative estimate of drug-likeness (QED) is 0.113. The lowest BCUT2D eigenvalue weighted by Crippen LogP contribution is -2.20. The summed E-state index contributed by atoms with van der Waals surface area (Å²) in [6, 6.07) is 23.6. The van der Waals surface area contributed by atoms with Gasteiger partial charge in [-0.1, -0.05) is 51.3 Å². The Morgan fingerprint density at radius 2 is 1.74 bits per heavy atom. The van der Waals surface area contributed by atoms with Crippen LogP contribution in [0.25, 0.3) is 22.3 Å². The number of hydrogen-bond acceptors (Lipinski definition) is 6. The summed E-state index contributed by atoms with van der Waals surface area (Å²) in [5.74, 6) is 0.277. The van der Waals surface area contributed by atoms with Gasteiger partial charge in [0.2, 0.25) is 0 Å². The number of halogens is 3. The molecular weight excluding hydrogens is 605 g/mol. The fourth-order valence-electron chi connectivity index (χ4n) is 3.79. The SMILES string of the molecule is COc1cc(C=Nn2c(-c3ccc(Cl)cc3Cl)nc3ccccc3c2=O)ccc1OC(=O)c1ccc(Br)cc1. The molecule has 0 atom stereocenters. The molecule has 1 aromatic heterocycles. The number of benzene rings is 4. The first-order chi connectivity index (χ1) is 18.8. The first kappa shape index (κ1) is 26.6. The lowest BCUT2D eigenvalue weighted by molar-refractivity contribution is 0.0729. The molecule has 39 heavy (non-hydrogen) atoms. The molecule has 7 nitrogen and oxygen atoms in total. The van der Waals surface area contributed by atoms with Crippen molar-refractivity contribution in [2.45, 2.75) is 0 Å². The first-order valence-corrected chi connectivity index (χ1v) is 13.1. The zero-order valence-electron chi connectivity index (χ0n) is 20.3. The van der Waals surface area contributed by atoms with E-state index >= 15 is 0 Å². The largest absolute Gasteiger partial charge is 0.493 e. The molecule has 1 heterocycles. The number of esters is 1. The Hall–Kier alpha value is -3.98. The van der Waals surface area contributed by atoms with E-state index in [0.717, 1.165) is 4.47 Å². The van der Waals surface area contributed by atoms with Crippen molar-refractivity contribution in [3.63, 3.8) is 0 Å². The van der Waals surface area contributed by atoms with Crippen molar-refractivity contribution in [1.82, 2.24) is 9.66 Å². The van der Waals surface area contributed by atoms with Gasteiger partial charge in [0.15, 0.2) is 17.3 Å². The number of rotatable bonds is 6. The number of carbonyl (C=O) groups is 1. The molecule has 0 saturated carbocycles. The number of fused-ring (bicyclic) bond motifs is 1. The summed E-state index contributed by atoms with van der Waals surface area (Å²) in [6.07, 6.45) is 1.48. The highest BCUT2D eigenvalue weighted by Gasteiger charge is 2.16. The number of nitrogens with zero attached hydrogens (tertiary/aromatic N) is 3. The standard InChI is InChI=1S/C29H18BrCl2N3O4/c1-38-26-14-17(6-13-25(26)39-29(37)18-7-9-19(30)10-8-18)16-33-35-27(21-12-11-20(31)15-23(21)32)34-24-5-3-2-4-22(24)28(35)36/h2-16H,1H3. The predicted molar refractivity (Wildman–Crippen MR) is 157 cm³/mol. The van der Waals surface area contributed by atoms with Crippen molar-refractivity contribution in [3.8, 4) is 22.9 Å². The fourth-order valence-corrected chi connectivity index (χ4v) is 4.55. The molecule has 0 spiro atoms. The van der Waals surface area contributed by atoms with Gasteiger partial charge in [-0.05, 0) is 78.4 Å². The molecule has 0 N–H and O–H groups in total.